The van der Waals surface area contributed by atoms with Crippen LogP contribution in [0.5, 0.6) is 0 Å². The first-order valence-corrected chi connectivity index (χ1v) is 9.65. The van der Waals surface area contributed by atoms with Crippen LogP contribution in [0.25, 0.3) is 5.69 Å². The molecule has 0 saturated heterocycles. The summed E-state index contributed by atoms with van der Waals surface area (Å²) in [6.45, 7) is 13.3. The molecule has 1 saturated carbocycles. The Kier molecular flexibility index (Phi) is 5.02. The Morgan fingerprint density at radius 1 is 1.22 bits per heavy atom. The zero-order valence-electron chi connectivity index (χ0n) is 17.6. The average Bonchev–Trinajstić information content (AvgIpc) is 3.02. The molecular weight excluding hydrogens is 334 g/mol. The fourth-order valence-electron chi connectivity index (χ4n) is 4.10. The van der Waals surface area contributed by atoms with Gasteiger partial charge in [0, 0.05) is 24.8 Å². The summed E-state index contributed by atoms with van der Waals surface area (Å²) < 4.78 is 1.97. The molecule has 4 nitrogen and oxygen atoms in total. The summed E-state index contributed by atoms with van der Waals surface area (Å²) in [7, 11) is 1.91. The van der Waals surface area contributed by atoms with Gasteiger partial charge in [0.1, 0.15) is 0 Å². The topological polar surface area (TPSA) is 38.1 Å². The van der Waals surface area contributed by atoms with E-state index >= 15 is 0 Å². The fraction of sp³-hybridized carbons (Fsp3) is 0.478. The van der Waals surface area contributed by atoms with Crippen LogP contribution in [0.2, 0.25) is 0 Å². The predicted molar refractivity (Wildman–Crippen MR) is 110 cm³/mol. The van der Waals surface area contributed by atoms with Gasteiger partial charge >= 0.3 is 0 Å². The highest BCUT2D eigenvalue weighted by Gasteiger charge is 2.60. The van der Waals surface area contributed by atoms with Crippen molar-refractivity contribution in [3.05, 3.63) is 58.9 Å². The van der Waals surface area contributed by atoms with Gasteiger partial charge in [0.25, 0.3) is 0 Å². The number of aromatic nitrogens is 2. The molecule has 0 N–H and O–H groups in total. The lowest BCUT2D eigenvalue weighted by Crippen LogP contribution is -2.29. The molecule has 1 aliphatic rings. The average molecular weight is 366 g/mol. The number of amides is 1. The fourth-order valence-corrected chi connectivity index (χ4v) is 4.10. The summed E-state index contributed by atoms with van der Waals surface area (Å²) in [6.07, 6.45) is 2.25. The van der Waals surface area contributed by atoms with Crippen molar-refractivity contribution >= 4 is 5.91 Å². The van der Waals surface area contributed by atoms with Crippen LogP contribution in [-0.4, -0.2) is 27.6 Å². The molecule has 0 aliphatic heterocycles. The quantitative estimate of drug-likeness (QED) is 0.721. The number of rotatable bonds is 5. The van der Waals surface area contributed by atoms with Crippen LogP contribution >= 0.6 is 0 Å². The molecule has 1 fully saturated rings. The first kappa shape index (κ1) is 19.4. The van der Waals surface area contributed by atoms with Gasteiger partial charge in [-0.1, -0.05) is 43.7 Å². The molecule has 0 bridgehead atoms. The molecule has 144 valence electrons. The standard InChI is InChI=1S/C23H31N3O/c1-15(2)13-20-21(23(20,5)6)22(27)25(7)14-19-16(3)24-26(17(19)4)18-11-9-8-10-12-18/h8-13,20-21H,14H2,1-7H3. The Bertz CT molecular complexity index is 873. The minimum atomic E-state index is 0.0426. The van der Waals surface area contributed by atoms with Crippen LogP contribution in [0.4, 0.5) is 0 Å². The molecule has 1 aromatic heterocycles. The number of allylic oxidation sites excluding steroid dienone is 2. The van der Waals surface area contributed by atoms with Crippen LogP contribution in [0.3, 0.4) is 0 Å². The number of benzene rings is 1. The van der Waals surface area contributed by atoms with E-state index < -0.39 is 0 Å². The minimum Gasteiger partial charge on any atom is -0.341 e. The minimum absolute atomic E-state index is 0.0426. The summed E-state index contributed by atoms with van der Waals surface area (Å²) >= 11 is 0. The number of hydrogen-bond donors (Lipinski definition) is 0. The summed E-state index contributed by atoms with van der Waals surface area (Å²) in [4.78, 5) is 15.0. The van der Waals surface area contributed by atoms with Crippen LogP contribution in [0.1, 0.15) is 44.6 Å². The van der Waals surface area contributed by atoms with Gasteiger partial charge in [-0.25, -0.2) is 4.68 Å². The first-order valence-electron chi connectivity index (χ1n) is 9.65. The van der Waals surface area contributed by atoms with Crippen LogP contribution in [0, 0.1) is 31.1 Å². The number of carbonyl (C=O) groups is 1. The molecule has 0 radical (unpaired) electrons. The third-order valence-electron chi connectivity index (χ3n) is 5.90. The van der Waals surface area contributed by atoms with Gasteiger partial charge < -0.3 is 4.90 Å². The summed E-state index contributed by atoms with van der Waals surface area (Å²) in [5.74, 6) is 0.641. The maximum atomic E-state index is 13.1. The predicted octanol–water partition coefficient (Wildman–Crippen LogP) is 4.69. The van der Waals surface area contributed by atoms with E-state index in [1.807, 2.05) is 41.8 Å². The molecule has 3 rings (SSSR count). The second-order valence-corrected chi connectivity index (χ2v) is 8.66. The number of carbonyl (C=O) groups excluding carboxylic acids is 1. The van der Waals surface area contributed by atoms with Crippen molar-refractivity contribution < 1.29 is 4.79 Å². The van der Waals surface area contributed by atoms with E-state index in [2.05, 4.69) is 52.8 Å². The molecule has 1 aliphatic carbocycles. The van der Waals surface area contributed by atoms with E-state index in [-0.39, 0.29) is 17.2 Å². The first-order chi connectivity index (χ1) is 12.6. The zero-order chi connectivity index (χ0) is 19.9. The van der Waals surface area contributed by atoms with Crippen molar-refractivity contribution in [2.75, 3.05) is 7.05 Å². The largest absolute Gasteiger partial charge is 0.341 e. The van der Waals surface area contributed by atoms with Crippen molar-refractivity contribution in [1.82, 2.24) is 14.7 Å². The second-order valence-electron chi connectivity index (χ2n) is 8.66. The van der Waals surface area contributed by atoms with Gasteiger partial charge in [-0.2, -0.15) is 5.10 Å². The lowest BCUT2D eigenvalue weighted by Gasteiger charge is -2.18. The Morgan fingerprint density at radius 3 is 2.44 bits per heavy atom. The number of aryl methyl sites for hydroxylation is 1. The second kappa shape index (κ2) is 6.99. The van der Waals surface area contributed by atoms with Crippen molar-refractivity contribution in [1.29, 1.82) is 0 Å². The summed E-state index contributed by atoms with van der Waals surface area (Å²) in [5.41, 5.74) is 5.57. The van der Waals surface area contributed by atoms with E-state index in [1.165, 1.54) is 5.57 Å². The lowest BCUT2D eigenvalue weighted by molar-refractivity contribution is -0.132. The normalized spacial score (nSPS) is 20.3. The van der Waals surface area contributed by atoms with Crippen molar-refractivity contribution in [3.63, 3.8) is 0 Å². The Labute approximate surface area is 162 Å². The highest BCUT2D eigenvalue weighted by Crippen LogP contribution is 2.60. The molecule has 2 aromatic rings. The van der Waals surface area contributed by atoms with E-state index in [4.69, 9.17) is 5.10 Å². The molecule has 27 heavy (non-hydrogen) atoms. The third kappa shape index (κ3) is 3.58. The monoisotopic (exact) mass is 365 g/mol. The van der Waals surface area contributed by atoms with Gasteiger partial charge in [-0.15, -0.1) is 0 Å². The van der Waals surface area contributed by atoms with Gasteiger partial charge in [0.15, 0.2) is 0 Å². The highest BCUT2D eigenvalue weighted by atomic mass is 16.2. The smallest absolute Gasteiger partial charge is 0.226 e. The summed E-state index contributed by atoms with van der Waals surface area (Å²) in [5, 5.41) is 4.71. The maximum absolute atomic E-state index is 13.1. The van der Waals surface area contributed by atoms with Crippen LogP contribution in [0.15, 0.2) is 42.0 Å². The Morgan fingerprint density at radius 2 is 1.85 bits per heavy atom. The maximum Gasteiger partial charge on any atom is 0.226 e. The molecule has 1 heterocycles. The molecule has 4 heteroatoms. The van der Waals surface area contributed by atoms with Crippen molar-refractivity contribution in [2.45, 2.75) is 48.1 Å². The number of hydrogen-bond acceptors (Lipinski definition) is 2. The molecule has 1 amide bonds. The summed E-state index contributed by atoms with van der Waals surface area (Å²) in [6, 6.07) is 10.1. The van der Waals surface area contributed by atoms with Crippen molar-refractivity contribution in [2.24, 2.45) is 17.3 Å². The third-order valence-corrected chi connectivity index (χ3v) is 5.90. The van der Waals surface area contributed by atoms with Gasteiger partial charge in [0.2, 0.25) is 5.91 Å². The molecule has 2 atom stereocenters. The number of nitrogens with zero attached hydrogens (tertiary/aromatic N) is 3. The lowest BCUT2D eigenvalue weighted by atomic mass is 10.1. The molecular formula is C23H31N3O. The van der Waals surface area contributed by atoms with Crippen LogP contribution in [-0.2, 0) is 11.3 Å². The Balaban J connectivity index is 1.79. The van der Waals surface area contributed by atoms with Gasteiger partial charge in [0.05, 0.1) is 17.3 Å². The number of para-hydroxylation sites is 1. The van der Waals surface area contributed by atoms with E-state index in [9.17, 15) is 4.79 Å². The Hall–Kier alpha value is -2.36. The van der Waals surface area contributed by atoms with Crippen LogP contribution < -0.4 is 0 Å². The van der Waals surface area contributed by atoms with Gasteiger partial charge in [-0.3, -0.25) is 4.79 Å². The SMILES string of the molecule is CC(C)=CC1C(C(=O)N(C)Cc2c(C)nn(-c3ccccc3)c2C)C1(C)C. The van der Waals surface area contributed by atoms with E-state index in [0.29, 0.717) is 12.5 Å². The molecule has 1 aromatic carbocycles. The van der Waals surface area contributed by atoms with Gasteiger partial charge in [-0.05, 0) is 51.2 Å². The zero-order valence-corrected chi connectivity index (χ0v) is 17.6. The van der Waals surface area contributed by atoms with E-state index in [1.54, 1.807) is 0 Å². The van der Waals surface area contributed by atoms with E-state index in [0.717, 1.165) is 22.6 Å². The molecule has 2 unspecified atom stereocenters. The van der Waals surface area contributed by atoms with Crippen molar-refractivity contribution in [3.8, 4) is 5.69 Å². The highest BCUT2D eigenvalue weighted by molar-refractivity contribution is 5.83. The molecule has 0 spiro atoms.